The number of hydrogen-bond donors (Lipinski definition) is 1. The van der Waals surface area contributed by atoms with E-state index in [0.717, 1.165) is 11.1 Å². The Kier molecular flexibility index (Phi) is 7.13. The molecule has 0 heterocycles. The van der Waals surface area contributed by atoms with Crippen LogP contribution in [0.5, 0.6) is 0 Å². The Morgan fingerprint density at radius 2 is 1.70 bits per heavy atom. The van der Waals surface area contributed by atoms with E-state index in [2.05, 4.69) is 11.4 Å². The third-order valence-electron chi connectivity index (χ3n) is 4.34. The van der Waals surface area contributed by atoms with Crippen molar-refractivity contribution in [2.75, 3.05) is 0 Å². The van der Waals surface area contributed by atoms with Gasteiger partial charge in [0.05, 0.1) is 24.1 Å². The van der Waals surface area contributed by atoms with Crippen LogP contribution in [0.4, 0.5) is 0 Å². The number of rotatable bonds is 7. The Hall–Kier alpha value is -3.13. The van der Waals surface area contributed by atoms with E-state index in [1.807, 2.05) is 56.3 Å². The highest BCUT2D eigenvalue weighted by Crippen LogP contribution is 2.20. The Balaban J connectivity index is 2.16. The fourth-order valence-electron chi connectivity index (χ4n) is 2.91. The minimum atomic E-state index is -0.363. The van der Waals surface area contributed by atoms with Gasteiger partial charge in [-0.15, -0.1) is 0 Å². The van der Waals surface area contributed by atoms with Crippen LogP contribution in [-0.4, -0.2) is 22.8 Å². The smallest absolute Gasteiger partial charge is 0.225 e. The summed E-state index contributed by atoms with van der Waals surface area (Å²) < 4.78 is 0. The molecule has 0 saturated heterocycles. The molecule has 1 N–H and O–H groups in total. The second kappa shape index (κ2) is 9.54. The van der Waals surface area contributed by atoms with Crippen LogP contribution in [0.25, 0.3) is 0 Å². The first-order valence-corrected chi connectivity index (χ1v) is 9.01. The first-order valence-electron chi connectivity index (χ1n) is 9.01. The molecule has 0 saturated carbocycles. The molecule has 0 aliphatic heterocycles. The van der Waals surface area contributed by atoms with Gasteiger partial charge in [0.25, 0.3) is 0 Å². The quantitative estimate of drug-likeness (QED) is 0.817. The lowest BCUT2D eigenvalue weighted by Gasteiger charge is -2.29. The van der Waals surface area contributed by atoms with Gasteiger partial charge in [-0.3, -0.25) is 9.59 Å². The molecule has 2 aromatic rings. The third kappa shape index (κ3) is 5.96. The molecule has 2 rings (SSSR count). The Morgan fingerprint density at radius 3 is 2.22 bits per heavy atom. The van der Waals surface area contributed by atoms with Gasteiger partial charge in [0.2, 0.25) is 11.8 Å². The van der Waals surface area contributed by atoms with Gasteiger partial charge in [-0.2, -0.15) is 5.26 Å². The molecular weight excluding hydrogens is 338 g/mol. The van der Waals surface area contributed by atoms with Gasteiger partial charge in [-0.25, -0.2) is 0 Å². The topological polar surface area (TPSA) is 73.2 Å². The Morgan fingerprint density at radius 1 is 1.07 bits per heavy atom. The van der Waals surface area contributed by atoms with Crippen LogP contribution in [0.1, 0.15) is 49.9 Å². The van der Waals surface area contributed by atoms with Crippen LogP contribution >= 0.6 is 0 Å². The summed E-state index contributed by atoms with van der Waals surface area (Å²) >= 11 is 0. The molecule has 140 valence electrons. The van der Waals surface area contributed by atoms with Crippen molar-refractivity contribution in [2.24, 2.45) is 0 Å². The monoisotopic (exact) mass is 363 g/mol. The zero-order chi connectivity index (χ0) is 19.8. The molecule has 5 nitrogen and oxygen atoms in total. The first-order chi connectivity index (χ1) is 12.9. The zero-order valence-corrected chi connectivity index (χ0v) is 16.0. The van der Waals surface area contributed by atoms with Crippen molar-refractivity contribution < 1.29 is 9.59 Å². The summed E-state index contributed by atoms with van der Waals surface area (Å²) in [6, 6.07) is 18.5. The van der Waals surface area contributed by atoms with Crippen LogP contribution in [-0.2, 0) is 16.1 Å². The summed E-state index contributed by atoms with van der Waals surface area (Å²) in [7, 11) is 0. The predicted octanol–water partition coefficient (Wildman–Crippen LogP) is 3.56. The largest absolute Gasteiger partial charge is 0.349 e. The second-order valence-electron chi connectivity index (χ2n) is 6.79. The summed E-state index contributed by atoms with van der Waals surface area (Å²) in [5.74, 6) is -0.197. The molecule has 0 fully saturated rings. The lowest BCUT2D eigenvalue weighted by molar-refractivity contribution is -0.134. The molecule has 0 spiro atoms. The normalized spacial score (nSPS) is 11.5. The van der Waals surface area contributed by atoms with E-state index in [1.54, 1.807) is 17.0 Å². The molecule has 0 aliphatic rings. The summed E-state index contributed by atoms with van der Waals surface area (Å²) in [5, 5.41) is 11.8. The molecule has 0 radical (unpaired) electrons. The highest BCUT2D eigenvalue weighted by atomic mass is 16.2. The van der Waals surface area contributed by atoms with E-state index in [1.165, 1.54) is 6.92 Å². The average Bonchev–Trinajstić information content (AvgIpc) is 2.66. The number of carbonyl (C=O) groups is 2. The van der Waals surface area contributed by atoms with E-state index < -0.39 is 0 Å². The lowest BCUT2D eigenvalue weighted by Crippen LogP contribution is -2.39. The van der Waals surface area contributed by atoms with E-state index in [-0.39, 0.29) is 30.3 Å². The molecular formula is C22H25N3O2. The SMILES string of the molecule is CC(=O)NC(CC(=O)N(Cc1ccc(C#N)cc1)C(C)C)c1ccccc1. The van der Waals surface area contributed by atoms with E-state index in [9.17, 15) is 9.59 Å². The van der Waals surface area contributed by atoms with E-state index in [4.69, 9.17) is 5.26 Å². The maximum atomic E-state index is 13.0. The molecule has 1 atom stereocenters. The van der Waals surface area contributed by atoms with Crippen molar-refractivity contribution in [3.63, 3.8) is 0 Å². The summed E-state index contributed by atoms with van der Waals surface area (Å²) in [6.45, 7) is 5.86. The fraction of sp³-hybridized carbons (Fsp3) is 0.318. The molecule has 2 aromatic carbocycles. The molecule has 0 bridgehead atoms. The highest BCUT2D eigenvalue weighted by Gasteiger charge is 2.23. The number of amides is 2. The Labute approximate surface area is 160 Å². The predicted molar refractivity (Wildman–Crippen MR) is 104 cm³/mol. The van der Waals surface area contributed by atoms with Crippen molar-refractivity contribution in [3.05, 3.63) is 71.3 Å². The number of benzene rings is 2. The summed E-state index contributed by atoms with van der Waals surface area (Å²) in [4.78, 5) is 26.4. The number of hydrogen-bond acceptors (Lipinski definition) is 3. The van der Waals surface area contributed by atoms with Crippen LogP contribution in [0, 0.1) is 11.3 Å². The number of nitrogens with one attached hydrogen (secondary N) is 1. The molecule has 0 aliphatic carbocycles. The first kappa shape index (κ1) is 20.2. The molecule has 0 aromatic heterocycles. The van der Waals surface area contributed by atoms with Gasteiger partial charge < -0.3 is 10.2 Å². The van der Waals surface area contributed by atoms with Gasteiger partial charge in [-0.05, 0) is 37.1 Å². The lowest BCUT2D eigenvalue weighted by atomic mass is 10.0. The Bertz CT molecular complexity index is 808. The third-order valence-corrected chi connectivity index (χ3v) is 4.34. The van der Waals surface area contributed by atoms with Crippen molar-refractivity contribution >= 4 is 11.8 Å². The highest BCUT2D eigenvalue weighted by molar-refractivity contribution is 5.79. The van der Waals surface area contributed by atoms with Crippen molar-refractivity contribution in [1.82, 2.24) is 10.2 Å². The molecule has 1 unspecified atom stereocenters. The van der Waals surface area contributed by atoms with Gasteiger partial charge in [0, 0.05) is 19.5 Å². The average molecular weight is 363 g/mol. The van der Waals surface area contributed by atoms with E-state index >= 15 is 0 Å². The van der Waals surface area contributed by atoms with Crippen LogP contribution < -0.4 is 5.32 Å². The van der Waals surface area contributed by atoms with Crippen molar-refractivity contribution in [1.29, 1.82) is 5.26 Å². The van der Waals surface area contributed by atoms with Gasteiger partial charge in [-0.1, -0.05) is 42.5 Å². The maximum Gasteiger partial charge on any atom is 0.225 e. The number of nitrogens with zero attached hydrogens (tertiary/aromatic N) is 2. The minimum absolute atomic E-state index is 0.0156. The van der Waals surface area contributed by atoms with Crippen molar-refractivity contribution in [2.45, 2.75) is 45.8 Å². The fourth-order valence-corrected chi connectivity index (χ4v) is 2.91. The molecule has 27 heavy (non-hydrogen) atoms. The minimum Gasteiger partial charge on any atom is -0.349 e. The van der Waals surface area contributed by atoms with Gasteiger partial charge >= 0.3 is 0 Å². The van der Waals surface area contributed by atoms with Crippen LogP contribution in [0.3, 0.4) is 0 Å². The van der Waals surface area contributed by atoms with Crippen LogP contribution in [0.2, 0.25) is 0 Å². The molecule has 5 heteroatoms. The number of nitriles is 1. The zero-order valence-electron chi connectivity index (χ0n) is 16.0. The second-order valence-corrected chi connectivity index (χ2v) is 6.79. The number of carbonyl (C=O) groups excluding carboxylic acids is 2. The summed E-state index contributed by atoms with van der Waals surface area (Å²) in [6.07, 6.45) is 0.193. The van der Waals surface area contributed by atoms with Crippen molar-refractivity contribution in [3.8, 4) is 6.07 Å². The molecule has 2 amide bonds. The maximum absolute atomic E-state index is 13.0. The standard InChI is InChI=1S/C22H25N3O2/c1-16(2)25(15-19-11-9-18(14-23)10-12-19)22(27)13-21(24-17(3)26)20-7-5-4-6-8-20/h4-12,16,21H,13,15H2,1-3H3,(H,24,26). The summed E-state index contributed by atoms with van der Waals surface area (Å²) in [5.41, 5.74) is 2.46. The van der Waals surface area contributed by atoms with E-state index in [0.29, 0.717) is 12.1 Å². The van der Waals surface area contributed by atoms with Gasteiger partial charge in [0.1, 0.15) is 0 Å². The van der Waals surface area contributed by atoms with Crippen LogP contribution in [0.15, 0.2) is 54.6 Å². The van der Waals surface area contributed by atoms with Gasteiger partial charge in [0.15, 0.2) is 0 Å².